The first kappa shape index (κ1) is 29.1. The Hall–Kier alpha value is -4.42. The second kappa shape index (κ2) is 12.6. The van der Waals surface area contributed by atoms with Crippen LogP contribution in [0.5, 0.6) is 11.5 Å². The van der Waals surface area contributed by atoms with Gasteiger partial charge < -0.3 is 9.47 Å². The van der Waals surface area contributed by atoms with Gasteiger partial charge >= 0.3 is 0 Å². The van der Waals surface area contributed by atoms with Crippen LogP contribution in [0.4, 0.5) is 0 Å². The van der Waals surface area contributed by atoms with E-state index in [0.717, 1.165) is 33.6 Å². The van der Waals surface area contributed by atoms with Crippen molar-refractivity contribution in [2.75, 3.05) is 6.61 Å². The van der Waals surface area contributed by atoms with Crippen molar-refractivity contribution in [1.82, 2.24) is 9.66 Å². The molecule has 6 nitrogen and oxygen atoms in total. The van der Waals surface area contributed by atoms with E-state index >= 15 is 0 Å². The van der Waals surface area contributed by atoms with Crippen LogP contribution in [0, 0.1) is 13.8 Å². The number of hydrogen-bond donors (Lipinski definition) is 0. The van der Waals surface area contributed by atoms with Gasteiger partial charge in [0.25, 0.3) is 5.56 Å². The average molecular weight is 580 g/mol. The first-order chi connectivity index (χ1) is 20.2. The minimum absolute atomic E-state index is 0.212. The molecular formula is C35H34ClN3O3. The van der Waals surface area contributed by atoms with Crippen LogP contribution >= 0.6 is 11.6 Å². The fourth-order valence-corrected chi connectivity index (χ4v) is 5.12. The summed E-state index contributed by atoms with van der Waals surface area (Å²) in [7, 11) is 0. The van der Waals surface area contributed by atoms with Crippen LogP contribution < -0.4 is 15.0 Å². The fraction of sp³-hybridized carbons (Fsp3) is 0.229. The zero-order valence-corrected chi connectivity index (χ0v) is 25.3. The molecule has 0 unspecified atom stereocenters. The van der Waals surface area contributed by atoms with Crippen molar-refractivity contribution < 1.29 is 9.47 Å². The summed E-state index contributed by atoms with van der Waals surface area (Å²) in [4.78, 5) is 18.7. The van der Waals surface area contributed by atoms with Gasteiger partial charge in [0.1, 0.15) is 18.1 Å². The molecule has 7 heteroatoms. The Morgan fingerprint density at radius 2 is 1.76 bits per heavy atom. The van der Waals surface area contributed by atoms with Crippen molar-refractivity contribution in [2.24, 2.45) is 5.10 Å². The Bertz CT molecular complexity index is 1840. The monoisotopic (exact) mass is 579 g/mol. The minimum Gasteiger partial charge on any atom is -0.494 e. The van der Waals surface area contributed by atoms with E-state index in [0.29, 0.717) is 40.7 Å². The Morgan fingerprint density at radius 1 is 0.952 bits per heavy atom. The van der Waals surface area contributed by atoms with Crippen LogP contribution in [0.1, 0.15) is 54.5 Å². The normalized spacial score (nSPS) is 11.5. The van der Waals surface area contributed by atoms with E-state index in [1.54, 1.807) is 18.3 Å². The number of para-hydroxylation sites is 1. The Kier molecular flexibility index (Phi) is 8.74. The highest BCUT2D eigenvalue weighted by atomic mass is 35.5. The molecule has 0 N–H and O–H groups in total. The third-order valence-electron chi connectivity index (χ3n) is 7.03. The van der Waals surface area contributed by atoms with Gasteiger partial charge in [-0.2, -0.15) is 9.78 Å². The lowest BCUT2D eigenvalue weighted by atomic mass is 9.96. The van der Waals surface area contributed by atoms with E-state index in [-0.39, 0.29) is 11.5 Å². The molecule has 1 aromatic heterocycles. The molecule has 0 spiro atoms. The van der Waals surface area contributed by atoms with E-state index in [1.807, 2.05) is 75.4 Å². The molecule has 5 rings (SSSR count). The van der Waals surface area contributed by atoms with Gasteiger partial charge in [0.15, 0.2) is 5.82 Å². The lowest BCUT2D eigenvalue weighted by molar-refractivity contribution is 0.306. The third kappa shape index (κ3) is 6.24. The number of aryl methyl sites for hydroxylation is 2. The van der Waals surface area contributed by atoms with Gasteiger partial charge in [-0.25, -0.2) is 4.98 Å². The first-order valence-corrected chi connectivity index (χ1v) is 14.4. The topological polar surface area (TPSA) is 65.7 Å². The summed E-state index contributed by atoms with van der Waals surface area (Å²) in [5.74, 6) is 2.09. The largest absolute Gasteiger partial charge is 0.494 e. The average Bonchev–Trinajstić information content (AvgIpc) is 2.96. The lowest BCUT2D eigenvalue weighted by Gasteiger charge is -2.18. The van der Waals surface area contributed by atoms with Gasteiger partial charge in [0.2, 0.25) is 0 Å². The van der Waals surface area contributed by atoms with E-state index in [1.165, 1.54) is 10.2 Å². The van der Waals surface area contributed by atoms with E-state index in [2.05, 4.69) is 31.1 Å². The number of halogens is 1. The molecule has 0 aliphatic carbocycles. The summed E-state index contributed by atoms with van der Waals surface area (Å²) >= 11 is 6.57. The molecule has 0 aliphatic heterocycles. The highest BCUT2D eigenvalue weighted by Crippen LogP contribution is 2.34. The molecule has 1 heterocycles. The lowest BCUT2D eigenvalue weighted by Crippen LogP contribution is -2.20. The SMILES string of the molecule is CCOc1cc(C)c(-c2nc3ccccc3c(=O)n2N=Cc2ccc(OCc3cccc(C)c3)c(Cl)c2)cc1C(C)C. The number of nitrogens with zero attached hydrogens (tertiary/aromatic N) is 3. The molecule has 4 aromatic carbocycles. The summed E-state index contributed by atoms with van der Waals surface area (Å²) in [6.07, 6.45) is 1.62. The zero-order valence-electron chi connectivity index (χ0n) is 24.5. The Balaban J connectivity index is 1.54. The van der Waals surface area contributed by atoms with Crippen LogP contribution in [-0.4, -0.2) is 22.5 Å². The number of aromatic nitrogens is 2. The highest BCUT2D eigenvalue weighted by molar-refractivity contribution is 6.32. The molecule has 0 saturated carbocycles. The number of rotatable bonds is 9. The Labute approximate surface area is 251 Å². The number of fused-ring (bicyclic) bond motifs is 1. The van der Waals surface area contributed by atoms with E-state index in [9.17, 15) is 4.79 Å². The summed E-state index contributed by atoms with van der Waals surface area (Å²) < 4.78 is 13.3. The molecular weight excluding hydrogens is 546 g/mol. The third-order valence-corrected chi connectivity index (χ3v) is 7.32. The summed E-state index contributed by atoms with van der Waals surface area (Å²) in [5, 5.41) is 5.58. The van der Waals surface area contributed by atoms with Gasteiger partial charge in [-0.05, 0) is 91.4 Å². The number of ether oxygens (including phenoxy) is 2. The van der Waals surface area contributed by atoms with Crippen molar-refractivity contribution in [3.8, 4) is 22.9 Å². The minimum atomic E-state index is -0.254. The summed E-state index contributed by atoms with van der Waals surface area (Å²) in [6.45, 7) is 11.2. The second-order valence-electron chi connectivity index (χ2n) is 10.6. The fourth-order valence-electron chi connectivity index (χ4n) is 4.88. The van der Waals surface area contributed by atoms with Crippen LogP contribution in [0.25, 0.3) is 22.3 Å². The van der Waals surface area contributed by atoms with Crippen LogP contribution in [0.15, 0.2) is 88.8 Å². The maximum Gasteiger partial charge on any atom is 0.282 e. The van der Waals surface area contributed by atoms with Gasteiger partial charge in [-0.15, -0.1) is 0 Å². The predicted molar refractivity (Wildman–Crippen MR) is 171 cm³/mol. The number of hydrogen-bond acceptors (Lipinski definition) is 5. The number of benzene rings is 4. The van der Waals surface area contributed by atoms with Gasteiger partial charge in [-0.3, -0.25) is 4.79 Å². The van der Waals surface area contributed by atoms with Gasteiger partial charge in [-0.1, -0.05) is 67.4 Å². The highest BCUT2D eigenvalue weighted by Gasteiger charge is 2.18. The van der Waals surface area contributed by atoms with Crippen molar-refractivity contribution in [1.29, 1.82) is 0 Å². The predicted octanol–water partition coefficient (Wildman–Crippen LogP) is 8.32. The molecule has 0 fully saturated rings. The zero-order chi connectivity index (χ0) is 29.8. The van der Waals surface area contributed by atoms with Crippen LogP contribution in [0.2, 0.25) is 5.02 Å². The van der Waals surface area contributed by atoms with E-state index < -0.39 is 0 Å². The van der Waals surface area contributed by atoms with Crippen LogP contribution in [-0.2, 0) is 6.61 Å². The quantitative estimate of drug-likeness (QED) is 0.165. The molecule has 0 bridgehead atoms. The maximum absolute atomic E-state index is 13.7. The van der Waals surface area contributed by atoms with E-state index in [4.69, 9.17) is 26.1 Å². The second-order valence-corrected chi connectivity index (χ2v) is 11.0. The molecule has 214 valence electrons. The van der Waals surface area contributed by atoms with Gasteiger partial charge in [0.05, 0.1) is 28.7 Å². The molecule has 5 aromatic rings. The smallest absolute Gasteiger partial charge is 0.282 e. The van der Waals surface area contributed by atoms with Crippen molar-refractivity contribution in [2.45, 2.75) is 47.1 Å². The van der Waals surface area contributed by atoms with Crippen molar-refractivity contribution in [3.05, 3.63) is 122 Å². The molecule has 0 amide bonds. The molecule has 42 heavy (non-hydrogen) atoms. The molecule has 0 saturated heterocycles. The first-order valence-electron chi connectivity index (χ1n) is 14.1. The van der Waals surface area contributed by atoms with Crippen molar-refractivity contribution in [3.63, 3.8) is 0 Å². The van der Waals surface area contributed by atoms with Crippen molar-refractivity contribution >= 4 is 28.7 Å². The van der Waals surface area contributed by atoms with Gasteiger partial charge in [0, 0.05) is 5.56 Å². The molecule has 0 aliphatic rings. The molecule has 0 atom stereocenters. The molecule has 0 radical (unpaired) electrons. The van der Waals surface area contributed by atoms with Crippen LogP contribution in [0.3, 0.4) is 0 Å². The summed E-state index contributed by atoms with van der Waals surface area (Å²) in [6, 6.07) is 25.0. The summed E-state index contributed by atoms with van der Waals surface area (Å²) in [5.41, 5.74) is 6.12. The standard InChI is InChI=1S/C35H34ClN3O3/c1-6-41-33-17-24(5)29(19-28(33)22(2)3)34-38-31-13-8-7-12-27(31)35(40)39(34)37-20-25-14-15-32(30(36)18-25)42-21-26-11-9-10-23(4)16-26/h7-20,22H,6,21H2,1-5H3. The maximum atomic E-state index is 13.7. The Morgan fingerprint density at radius 3 is 2.50 bits per heavy atom.